The molecule has 33 heavy (non-hydrogen) atoms. The quantitative estimate of drug-likeness (QED) is 0.445. The normalized spacial score (nSPS) is 13.7. The standard InChI is InChI=1S/C25H25FN6O/c1-2-19-14-29-24(16-27-19)32-23-12-22(28-13-17-6-4-3-5-7-17)21(15-30-23)25(33)31-20-10-8-18(26)9-11-20/h1,8-12,14-17H,3-7,13H2,(H,31,33)(H2,28,29,30,32). The van der Waals surface area contributed by atoms with Gasteiger partial charge in [-0.15, -0.1) is 6.42 Å². The van der Waals surface area contributed by atoms with E-state index in [9.17, 15) is 9.18 Å². The summed E-state index contributed by atoms with van der Waals surface area (Å²) in [6.07, 6.45) is 16.0. The van der Waals surface area contributed by atoms with Gasteiger partial charge in [0.05, 0.1) is 23.6 Å². The first-order valence-electron chi connectivity index (χ1n) is 11.0. The molecule has 0 atom stereocenters. The predicted octanol–water partition coefficient (Wildman–Crippen LogP) is 4.98. The number of hydrogen-bond acceptors (Lipinski definition) is 6. The number of anilines is 4. The number of hydrogen-bond donors (Lipinski definition) is 3. The van der Waals surface area contributed by atoms with Crippen LogP contribution in [0.5, 0.6) is 0 Å². The Morgan fingerprint density at radius 1 is 1.03 bits per heavy atom. The first kappa shape index (κ1) is 22.2. The van der Waals surface area contributed by atoms with Crippen LogP contribution in [0.25, 0.3) is 0 Å². The van der Waals surface area contributed by atoms with E-state index in [0.717, 1.165) is 6.54 Å². The highest BCUT2D eigenvalue weighted by Gasteiger charge is 2.17. The predicted molar refractivity (Wildman–Crippen MR) is 127 cm³/mol. The molecule has 0 saturated heterocycles. The van der Waals surface area contributed by atoms with Crippen LogP contribution in [0.1, 0.15) is 48.2 Å². The van der Waals surface area contributed by atoms with E-state index in [4.69, 9.17) is 6.42 Å². The lowest BCUT2D eigenvalue weighted by Crippen LogP contribution is -2.20. The van der Waals surface area contributed by atoms with Gasteiger partial charge in [-0.1, -0.05) is 19.3 Å². The van der Waals surface area contributed by atoms with Gasteiger partial charge in [0.2, 0.25) is 0 Å². The summed E-state index contributed by atoms with van der Waals surface area (Å²) in [4.78, 5) is 25.7. The molecule has 0 spiro atoms. The molecule has 0 radical (unpaired) electrons. The van der Waals surface area contributed by atoms with Crippen molar-refractivity contribution in [2.75, 3.05) is 22.5 Å². The maximum Gasteiger partial charge on any atom is 0.259 e. The average Bonchev–Trinajstić information content (AvgIpc) is 2.85. The lowest BCUT2D eigenvalue weighted by molar-refractivity contribution is 0.102. The van der Waals surface area contributed by atoms with Gasteiger partial charge in [-0.25, -0.2) is 19.3 Å². The van der Waals surface area contributed by atoms with Gasteiger partial charge in [-0.2, -0.15) is 0 Å². The molecule has 1 aliphatic carbocycles. The van der Waals surface area contributed by atoms with Crippen LogP contribution in [-0.4, -0.2) is 27.4 Å². The highest BCUT2D eigenvalue weighted by Crippen LogP contribution is 2.26. The minimum absolute atomic E-state index is 0.329. The third-order valence-electron chi connectivity index (χ3n) is 5.61. The van der Waals surface area contributed by atoms with Crippen LogP contribution >= 0.6 is 0 Å². The lowest BCUT2D eigenvalue weighted by Gasteiger charge is -2.23. The first-order valence-corrected chi connectivity index (χ1v) is 11.0. The summed E-state index contributed by atoms with van der Waals surface area (Å²) in [5, 5.41) is 9.33. The van der Waals surface area contributed by atoms with Crippen LogP contribution in [0.4, 0.5) is 27.4 Å². The summed E-state index contributed by atoms with van der Waals surface area (Å²) in [7, 11) is 0. The van der Waals surface area contributed by atoms with Gasteiger partial charge < -0.3 is 16.0 Å². The smallest absolute Gasteiger partial charge is 0.259 e. The fraction of sp³-hybridized carbons (Fsp3) is 0.280. The molecule has 1 aliphatic rings. The van der Waals surface area contributed by atoms with Gasteiger partial charge in [0.1, 0.15) is 23.1 Å². The van der Waals surface area contributed by atoms with Crippen LogP contribution in [0.3, 0.4) is 0 Å². The number of amides is 1. The highest BCUT2D eigenvalue weighted by molar-refractivity contribution is 6.08. The Kier molecular flexibility index (Phi) is 7.10. The molecule has 4 rings (SSSR count). The third kappa shape index (κ3) is 6.04. The van der Waals surface area contributed by atoms with Crippen LogP contribution in [0.15, 0.2) is 48.9 Å². The van der Waals surface area contributed by atoms with Crippen molar-refractivity contribution in [1.29, 1.82) is 0 Å². The van der Waals surface area contributed by atoms with Crippen molar-refractivity contribution in [3.63, 3.8) is 0 Å². The molecule has 3 aromatic rings. The molecule has 2 aromatic heterocycles. The number of carbonyl (C=O) groups excluding carboxylic acids is 1. The second-order valence-electron chi connectivity index (χ2n) is 8.02. The average molecular weight is 445 g/mol. The fourth-order valence-corrected chi connectivity index (χ4v) is 3.83. The van der Waals surface area contributed by atoms with E-state index in [-0.39, 0.29) is 11.7 Å². The van der Waals surface area contributed by atoms with E-state index in [1.807, 2.05) is 0 Å². The monoisotopic (exact) mass is 444 g/mol. The molecule has 8 heteroatoms. The van der Waals surface area contributed by atoms with Gasteiger partial charge >= 0.3 is 0 Å². The molecule has 0 bridgehead atoms. The lowest BCUT2D eigenvalue weighted by atomic mass is 9.89. The van der Waals surface area contributed by atoms with Crippen molar-refractivity contribution in [3.05, 3.63) is 66.0 Å². The fourth-order valence-electron chi connectivity index (χ4n) is 3.83. The van der Waals surface area contributed by atoms with Crippen LogP contribution in [-0.2, 0) is 0 Å². The number of rotatable bonds is 7. The Balaban J connectivity index is 1.54. The summed E-state index contributed by atoms with van der Waals surface area (Å²) in [5.41, 5.74) is 2.00. The zero-order chi connectivity index (χ0) is 23.0. The van der Waals surface area contributed by atoms with Crippen molar-refractivity contribution in [3.8, 4) is 12.3 Å². The van der Waals surface area contributed by atoms with Gasteiger partial charge in [0.25, 0.3) is 5.91 Å². The maximum atomic E-state index is 13.2. The van der Waals surface area contributed by atoms with Gasteiger partial charge in [0.15, 0.2) is 0 Å². The topological polar surface area (TPSA) is 91.8 Å². The van der Waals surface area contributed by atoms with Crippen LogP contribution in [0.2, 0.25) is 0 Å². The van der Waals surface area contributed by atoms with E-state index in [0.29, 0.717) is 40.2 Å². The van der Waals surface area contributed by atoms with Gasteiger partial charge in [0, 0.05) is 24.5 Å². The van der Waals surface area contributed by atoms with Crippen molar-refractivity contribution in [1.82, 2.24) is 15.0 Å². The third-order valence-corrected chi connectivity index (χ3v) is 5.61. The maximum absolute atomic E-state index is 13.2. The van der Waals surface area contributed by atoms with Crippen molar-refractivity contribution in [2.45, 2.75) is 32.1 Å². The van der Waals surface area contributed by atoms with E-state index >= 15 is 0 Å². The second-order valence-corrected chi connectivity index (χ2v) is 8.02. The Bertz CT molecular complexity index is 1140. The molecule has 1 amide bonds. The molecular formula is C25H25FN6O. The molecule has 168 valence electrons. The molecule has 1 fully saturated rings. The van der Waals surface area contributed by atoms with Crippen LogP contribution < -0.4 is 16.0 Å². The molecule has 1 saturated carbocycles. The Labute approximate surface area is 192 Å². The Morgan fingerprint density at radius 2 is 1.79 bits per heavy atom. The minimum Gasteiger partial charge on any atom is -0.384 e. The zero-order valence-corrected chi connectivity index (χ0v) is 18.1. The number of nitrogens with one attached hydrogen (secondary N) is 3. The number of aromatic nitrogens is 3. The second kappa shape index (κ2) is 10.6. The highest BCUT2D eigenvalue weighted by atomic mass is 19.1. The molecule has 0 aliphatic heterocycles. The van der Waals surface area contributed by atoms with E-state index < -0.39 is 0 Å². The van der Waals surface area contributed by atoms with Gasteiger partial charge in [-0.3, -0.25) is 4.79 Å². The van der Waals surface area contributed by atoms with Crippen LogP contribution in [0, 0.1) is 24.1 Å². The largest absolute Gasteiger partial charge is 0.384 e. The molecule has 0 unspecified atom stereocenters. The molecule has 1 aromatic carbocycles. The summed E-state index contributed by atoms with van der Waals surface area (Å²) in [5.74, 6) is 3.31. The molecule has 2 heterocycles. The number of pyridine rings is 1. The first-order chi connectivity index (χ1) is 16.1. The number of benzene rings is 1. The molecule has 7 nitrogen and oxygen atoms in total. The molecule has 3 N–H and O–H groups in total. The number of nitrogens with zero attached hydrogens (tertiary/aromatic N) is 3. The Hall–Kier alpha value is -3.99. The Morgan fingerprint density at radius 3 is 2.48 bits per heavy atom. The zero-order valence-electron chi connectivity index (χ0n) is 18.1. The van der Waals surface area contributed by atoms with Crippen molar-refractivity contribution < 1.29 is 9.18 Å². The van der Waals surface area contributed by atoms with Gasteiger partial charge in [-0.05, 0) is 48.9 Å². The summed E-state index contributed by atoms with van der Waals surface area (Å²) < 4.78 is 13.2. The van der Waals surface area contributed by atoms with E-state index in [1.54, 1.807) is 6.07 Å². The summed E-state index contributed by atoms with van der Waals surface area (Å²) >= 11 is 0. The summed E-state index contributed by atoms with van der Waals surface area (Å²) in [6.45, 7) is 0.775. The number of terminal acetylenes is 1. The number of halogens is 1. The van der Waals surface area contributed by atoms with Crippen molar-refractivity contribution >= 4 is 28.9 Å². The van der Waals surface area contributed by atoms with E-state index in [2.05, 4.69) is 36.8 Å². The van der Waals surface area contributed by atoms with Crippen molar-refractivity contribution in [2.24, 2.45) is 5.92 Å². The minimum atomic E-state index is -0.363. The SMILES string of the molecule is C#Cc1cnc(Nc2cc(NCC3CCCCC3)c(C(=O)Nc3ccc(F)cc3)cn2)cn1. The molecular weight excluding hydrogens is 419 g/mol. The summed E-state index contributed by atoms with van der Waals surface area (Å²) in [6, 6.07) is 7.42. The number of carbonyl (C=O) groups is 1. The van der Waals surface area contributed by atoms with E-state index in [1.165, 1.54) is 75.0 Å².